The molecule has 1 N–H and O–H groups in total. The lowest BCUT2D eigenvalue weighted by atomic mass is 10.0. The molecule has 1 aliphatic rings. The topological polar surface area (TPSA) is 75.9 Å². The van der Waals surface area contributed by atoms with Crippen LogP contribution in [0.25, 0.3) is 0 Å². The molecule has 1 aliphatic heterocycles. The highest BCUT2D eigenvalue weighted by atomic mass is 19.4. The van der Waals surface area contributed by atoms with E-state index in [1.807, 2.05) is 0 Å². The minimum absolute atomic E-state index is 0.285. The van der Waals surface area contributed by atoms with Crippen molar-refractivity contribution in [1.82, 2.24) is 30.4 Å². The molecular weight excluding hydrogens is 277 g/mol. The summed E-state index contributed by atoms with van der Waals surface area (Å²) in [6.45, 7) is -0.306. The van der Waals surface area contributed by atoms with Crippen molar-refractivity contribution in [3.8, 4) is 0 Å². The third kappa shape index (κ3) is 4.15. The Morgan fingerprint density at radius 3 is 2.65 bits per heavy atom. The molecule has 0 bridgehead atoms. The maximum absolute atomic E-state index is 12.6. The van der Waals surface area contributed by atoms with E-state index in [1.165, 1.54) is 6.33 Å². The molecule has 0 aliphatic carbocycles. The van der Waals surface area contributed by atoms with Crippen molar-refractivity contribution in [2.24, 2.45) is 0 Å². The van der Waals surface area contributed by atoms with Gasteiger partial charge < -0.3 is 10.2 Å². The van der Waals surface area contributed by atoms with Crippen molar-refractivity contribution in [3.05, 3.63) is 6.33 Å². The number of rotatable bonds is 4. The lowest BCUT2D eigenvalue weighted by molar-refractivity contribution is -0.167. The van der Waals surface area contributed by atoms with Crippen LogP contribution >= 0.6 is 0 Å². The first-order valence-corrected chi connectivity index (χ1v) is 6.23. The van der Waals surface area contributed by atoms with E-state index in [9.17, 15) is 18.0 Å². The number of tetrazole rings is 1. The summed E-state index contributed by atoms with van der Waals surface area (Å²) in [6.07, 6.45) is -2.19. The third-order valence-corrected chi connectivity index (χ3v) is 3.11. The molecule has 112 valence electrons. The van der Waals surface area contributed by atoms with E-state index in [-0.39, 0.29) is 6.54 Å². The number of hydrogen-bond acceptors (Lipinski definition) is 5. The van der Waals surface area contributed by atoms with Crippen molar-refractivity contribution < 1.29 is 18.0 Å². The van der Waals surface area contributed by atoms with Gasteiger partial charge >= 0.3 is 6.18 Å². The first kappa shape index (κ1) is 14.7. The van der Waals surface area contributed by atoms with E-state index < -0.39 is 24.7 Å². The standard InChI is InChI=1S/C10H15F3N6O/c11-10(12,13)6-19(8-1-3-14-4-2-8)9(20)5-18-7-15-16-17-18/h7-8,14H,1-6H2. The van der Waals surface area contributed by atoms with Gasteiger partial charge in [-0.15, -0.1) is 5.10 Å². The summed E-state index contributed by atoms with van der Waals surface area (Å²) in [5.41, 5.74) is 0. The molecule has 1 saturated heterocycles. The zero-order chi connectivity index (χ0) is 14.6. The number of carbonyl (C=O) groups is 1. The number of amides is 1. The number of carbonyl (C=O) groups excluding carboxylic acids is 1. The summed E-state index contributed by atoms with van der Waals surface area (Å²) in [6, 6.07) is -0.401. The third-order valence-electron chi connectivity index (χ3n) is 3.11. The highest BCUT2D eigenvalue weighted by Gasteiger charge is 2.36. The Balaban J connectivity index is 2.06. The van der Waals surface area contributed by atoms with Crippen molar-refractivity contribution in [3.63, 3.8) is 0 Å². The fraction of sp³-hybridized carbons (Fsp3) is 0.800. The monoisotopic (exact) mass is 292 g/mol. The van der Waals surface area contributed by atoms with Gasteiger partial charge in [-0.05, 0) is 36.4 Å². The average Bonchev–Trinajstić information content (AvgIpc) is 2.89. The van der Waals surface area contributed by atoms with Crippen molar-refractivity contribution >= 4 is 5.91 Å². The van der Waals surface area contributed by atoms with Crippen LogP contribution in [0.3, 0.4) is 0 Å². The quantitative estimate of drug-likeness (QED) is 0.833. The van der Waals surface area contributed by atoms with Gasteiger partial charge in [0.2, 0.25) is 5.91 Å². The van der Waals surface area contributed by atoms with Crippen LogP contribution in [0.15, 0.2) is 6.33 Å². The molecule has 1 aromatic rings. The van der Waals surface area contributed by atoms with E-state index in [0.29, 0.717) is 25.9 Å². The van der Waals surface area contributed by atoms with E-state index in [1.54, 1.807) is 0 Å². The van der Waals surface area contributed by atoms with Crippen molar-refractivity contribution in [1.29, 1.82) is 0 Å². The van der Waals surface area contributed by atoms with Gasteiger partial charge in [0.1, 0.15) is 19.4 Å². The maximum Gasteiger partial charge on any atom is 0.406 e. The first-order valence-electron chi connectivity index (χ1n) is 6.23. The molecule has 1 fully saturated rings. The summed E-state index contributed by atoms with van der Waals surface area (Å²) in [7, 11) is 0. The lowest BCUT2D eigenvalue weighted by Crippen LogP contribution is -2.50. The molecule has 1 amide bonds. The van der Waals surface area contributed by atoms with Crippen LogP contribution in [0.4, 0.5) is 13.2 Å². The Morgan fingerprint density at radius 1 is 1.40 bits per heavy atom. The fourth-order valence-electron chi connectivity index (χ4n) is 2.21. The minimum atomic E-state index is -4.42. The normalized spacial score (nSPS) is 17.1. The fourth-order valence-corrected chi connectivity index (χ4v) is 2.21. The molecule has 2 heterocycles. The minimum Gasteiger partial charge on any atom is -0.329 e. The molecule has 2 rings (SSSR count). The summed E-state index contributed by atoms with van der Waals surface area (Å²) in [5, 5.41) is 13.3. The van der Waals surface area contributed by atoms with Crippen LogP contribution in [-0.2, 0) is 11.3 Å². The SMILES string of the molecule is O=C(Cn1cnnn1)N(CC(F)(F)F)C1CCNCC1. The van der Waals surface area contributed by atoms with Gasteiger partial charge in [0.15, 0.2) is 0 Å². The van der Waals surface area contributed by atoms with Crippen LogP contribution in [0.2, 0.25) is 0 Å². The van der Waals surface area contributed by atoms with E-state index in [4.69, 9.17) is 0 Å². The van der Waals surface area contributed by atoms with Gasteiger partial charge in [0, 0.05) is 6.04 Å². The number of halogens is 3. The van der Waals surface area contributed by atoms with Crippen molar-refractivity contribution in [2.75, 3.05) is 19.6 Å². The van der Waals surface area contributed by atoms with Crippen LogP contribution in [-0.4, -0.2) is 62.9 Å². The summed E-state index contributed by atoms with van der Waals surface area (Å²) >= 11 is 0. The Kier molecular flexibility index (Phi) is 4.53. The largest absolute Gasteiger partial charge is 0.406 e. The second-order valence-electron chi connectivity index (χ2n) is 4.63. The summed E-state index contributed by atoms with van der Waals surface area (Å²) < 4.78 is 39.0. The molecule has 1 aromatic heterocycles. The number of aromatic nitrogens is 4. The van der Waals surface area contributed by atoms with E-state index in [0.717, 1.165) is 9.58 Å². The van der Waals surface area contributed by atoms with Crippen LogP contribution in [0.1, 0.15) is 12.8 Å². The Hall–Kier alpha value is -1.71. The first-order chi connectivity index (χ1) is 9.46. The number of nitrogens with zero attached hydrogens (tertiary/aromatic N) is 5. The lowest BCUT2D eigenvalue weighted by Gasteiger charge is -2.35. The van der Waals surface area contributed by atoms with Gasteiger partial charge in [0.05, 0.1) is 0 Å². The Morgan fingerprint density at radius 2 is 2.10 bits per heavy atom. The second kappa shape index (κ2) is 6.16. The van der Waals surface area contributed by atoms with Crippen LogP contribution in [0, 0.1) is 0 Å². The smallest absolute Gasteiger partial charge is 0.329 e. The highest BCUT2D eigenvalue weighted by molar-refractivity contribution is 5.76. The van der Waals surface area contributed by atoms with Gasteiger partial charge in [-0.1, -0.05) is 0 Å². The number of hydrogen-bond donors (Lipinski definition) is 1. The zero-order valence-electron chi connectivity index (χ0n) is 10.7. The molecule has 7 nitrogen and oxygen atoms in total. The number of piperidine rings is 1. The van der Waals surface area contributed by atoms with Crippen LogP contribution < -0.4 is 5.32 Å². The van der Waals surface area contributed by atoms with Crippen LogP contribution in [0.5, 0.6) is 0 Å². The Bertz CT molecular complexity index is 429. The van der Waals surface area contributed by atoms with Gasteiger partial charge in [0.25, 0.3) is 0 Å². The zero-order valence-corrected chi connectivity index (χ0v) is 10.7. The average molecular weight is 292 g/mol. The summed E-state index contributed by atoms with van der Waals surface area (Å²) in [5.74, 6) is -0.624. The Labute approximate surface area is 113 Å². The molecule has 0 radical (unpaired) electrons. The van der Waals surface area contributed by atoms with Gasteiger partial charge in [-0.25, -0.2) is 4.68 Å². The molecular formula is C10H15F3N6O. The highest BCUT2D eigenvalue weighted by Crippen LogP contribution is 2.21. The van der Waals surface area contributed by atoms with E-state index in [2.05, 4.69) is 20.8 Å². The second-order valence-corrected chi connectivity index (χ2v) is 4.63. The number of nitrogens with one attached hydrogen (secondary N) is 1. The molecule has 20 heavy (non-hydrogen) atoms. The van der Waals surface area contributed by atoms with Gasteiger partial charge in [-0.3, -0.25) is 4.79 Å². The van der Waals surface area contributed by atoms with Crippen molar-refractivity contribution in [2.45, 2.75) is 31.6 Å². The maximum atomic E-state index is 12.6. The summed E-state index contributed by atoms with van der Waals surface area (Å²) in [4.78, 5) is 13.0. The number of alkyl halides is 3. The van der Waals surface area contributed by atoms with Gasteiger partial charge in [-0.2, -0.15) is 13.2 Å². The predicted octanol–water partition coefficient (Wildman–Crippen LogP) is -0.184. The molecule has 0 unspecified atom stereocenters. The molecule has 0 spiro atoms. The molecule has 10 heteroatoms. The van der Waals surface area contributed by atoms with E-state index >= 15 is 0 Å². The molecule has 0 aromatic carbocycles. The predicted molar refractivity (Wildman–Crippen MR) is 61.5 cm³/mol. The molecule has 0 saturated carbocycles. The molecule has 0 atom stereocenters.